The van der Waals surface area contributed by atoms with Gasteiger partial charge in [0.2, 0.25) is 0 Å². The van der Waals surface area contributed by atoms with E-state index in [1.807, 2.05) is 0 Å². The second-order valence-corrected chi connectivity index (χ2v) is 4.69. The van der Waals surface area contributed by atoms with E-state index >= 15 is 0 Å². The zero-order valence-electron chi connectivity index (χ0n) is 11.9. The van der Waals surface area contributed by atoms with E-state index in [-0.39, 0.29) is 12.2 Å². The normalized spacial score (nSPS) is 19.0. The maximum absolute atomic E-state index is 14.1. The molecule has 0 radical (unpaired) electrons. The largest absolute Gasteiger partial charge is 0.459 e. The molecule has 0 saturated carbocycles. The van der Waals surface area contributed by atoms with Crippen LogP contribution in [0.1, 0.15) is 12.8 Å². The zero-order chi connectivity index (χ0) is 20.5. The molecule has 0 saturated heterocycles. The first-order chi connectivity index (χ1) is 10.8. The lowest BCUT2D eigenvalue weighted by molar-refractivity contribution is -0.457. The fraction of sp³-hybridized carbons (Fsp3) is 0.667. The average Bonchev–Trinajstić information content (AvgIpc) is 2.35. The van der Waals surface area contributed by atoms with Crippen LogP contribution in [0.3, 0.4) is 0 Å². The smallest absolute Gasteiger partial charge is 0.297 e. The maximum Gasteiger partial charge on any atom is 0.459 e. The number of rotatable bonds is 8. The molecule has 2 unspecified atom stereocenters. The van der Waals surface area contributed by atoms with Crippen molar-refractivity contribution in [2.24, 2.45) is 0 Å². The number of hydrogen-bond donors (Lipinski definition) is 0. The summed E-state index contributed by atoms with van der Waals surface area (Å²) in [5, 5.41) is 0. The molecule has 0 spiro atoms. The van der Waals surface area contributed by atoms with Crippen LogP contribution in [0.4, 0.5) is 52.7 Å². The van der Waals surface area contributed by atoms with E-state index in [2.05, 4.69) is 17.9 Å². The third-order valence-corrected chi connectivity index (χ3v) is 2.79. The quantitative estimate of drug-likeness (QED) is 0.367. The van der Waals surface area contributed by atoms with Gasteiger partial charge in [-0.3, -0.25) is 4.74 Å². The fourth-order valence-corrected chi connectivity index (χ4v) is 1.52. The summed E-state index contributed by atoms with van der Waals surface area (Å²) in [7, 11) is 0. The molecule has 0 fully saturated rings. The molecule has 0 aliphatic heterocycles. The van der Waals surface area contributed by atoms with E-state index in [4.69, 9.17) is 0 Å². The van der Waals surface area contributed by atoms with E-state index in [9.17, 15) is 52.7 Å². The Morgan fingerprint density at radius 2 is 0.800 bits per heavy atom. The van der Waals surface area contributed by atoms with Crippen molar-refractivity contribution in [1.82, 2.24) is 0 Å². The molecule has 0 amide bonds. The summed E-state index contributed by atoms with van der Waals surface area (Å²) in [5.74, 6) is -24.6. The highest BCUT2D eigenvalue weighted by Crippen LogP contribution is 2.55. The topological polar surface area (TPSA) is 9.23 Å². The summed E-state index contributed by atoms with van der Waals surface area (Å²) < 4.78 is 158. The first-order valence-electron chi connectivity index (χ1n) is 6.02. The van der Waals surface area contributed by atoms with Gasteiger partial charge in [0, 0.05) is 12.8 Å². The standard InChI is InChI=1S/C12H10F12O/c1-3-5-7(13,9(15,16)11(19,20)21)25-8(14,6-4-2)10(17,18)12(22,23)24/h3-4H,1-2,5-6H2. The van der Waals surface area contributed by atoms with Crippen molar-refractivity contribution in [1.29, 1.82) is 0 Å². The third-order valence-electron chi connectivity index (χ3n) is 2.79. The average molecular weight is 398 g/mol. The van der Waals surface area contributed by atoms with E-state index in [0.29, 0.717) is 0 Å². The summed E-state index contributed by atoms with van der Waals surface area (Å²) >= 11 is 0. The lowest BCUT2D eigenvalue weighted by Crippen LogP contribution is -2.64. The van der Waals surface area contributed by atoms with Gasteiger partial charge in [0.25, 0.3) is 11.7 Å². The summed E-state index contributed by atoms with van der Waals surface area (Å²) in [6, 6.07) is 0. The monoisotopic (exact) mass is 398 g/mol. The molecule has 0 N–H and O–H groups in total. The molecule has 1 nitrogen and oxygen atoms in total. The summed E-state index contributed by atoms with van der Waals surface area (Å²) in [6.45, 7) is 5.11. The summed E-state index contributed by atoms with van der Waals surface area (Å²) in [6.07, 6.45) is -18.2. The van der Waals surface area contributed by atoms with Crippen LogP contribution in [-0.4, -0.2) is 35.9 Å². The van der Waals surface area contributed by atoms with E-state index in [1.54, 1.807) is 0 Å². The van der Waals surface area contributed by atoms with E-state index in [1.165, 1.54) is 0 Å². The minimum Gasteiger partial charge on any atom is -0.297 e. The highest BCUT2D eigenvalue weighted by Gasteiger charge is 2.79. The van der Waals surface area contributed by atoms with Gasteiger partial charge in [-0.25, -0.2) is 8.78 Å². The molecule has 0 aliphatic carbocycles. The van der Waals surface area contributed by atoms with Crippen molar-refractivity contribution in [2.45, 2.75) is 48.7 Å². The lowest BCUT2D eigenvalue weighted by atomic mass is 10.0. The van der Waals surface area contributed by atoms with Crippen molar-refractivity contribution < 1.29 is 57.4 Å². The third kappa shape index (κ3) is 4.06. The molecule has 0 heterocycles. The molecule has 0 aliphatic rings. The molecule has 25 heavy (non-hydrogen) atoms. The van der Waals surface area contributed by atoms with Crippen molar-refractivity contribution >= 4 is 0 Å². The summed E-state index contributed by atoms with van der Waals surface area (Å²) in [5.41, 5.74) is 0. The van der Waals surface area contributed by atoms with Crippen LogP contribution in [0, 0.1) is 0 Å². The number of alkyl halides is 12. The molecule has 0 rings (SSSR count). The molecule has 0 aromatic heterocycles. The Labute approximate surface area is 132 Å². The first-order valence-corrected chi connectivity index (χ1v) is 6.02. The number of hydrogen-bond acceptors (Lipinski definition) is 1. The van der Waals surface area contributed by atoms with Crippen molar-refractivity contribution in [2.75, 3.05) is 0 Å². The zero-order valence-corrected chi connectivity index (χ0v) is 11.9. The lowest BCUT2D eigenvalue weighted by Gasteiger charge is -2.41. The van der Waals surface area contributed by atoms with Gasteiger partial charge >= 0.3 is 24.2 Å². The predicted octanol–water partition coefficient (Wildman–Crippen LogP) is 5.88. The van der Waals surface area contributed by atoms with Gasteiger partial charge in [-0.1, -0.05) is 12.2 Å². The molecule has 0 aromatic rings. The predicted molar refractivity (Wildman–Crippen MR) is 60.4 cm³/mol. The second kappa shape index (κ2) is 6.72. The highest BCUT2D eigenvalue weighted by molar-refractivity contribution is 5.02. The molecule has 13 heteroatoms. The summed E-state index contributed by atoms with van der Waals surface area (Å²) in [4.78, 5) is 0. The van der Waals surface area contributed by atoms with Crippen molar-refractivity contribution in [3.63, 3.8) is 0 Å². The Morgan fingerprint density at radius 3 is 0.960 bits per heavy atom. The molecular formula is C12H10F12O. The maximum atomic E-state index is 14.1. The van der Waals surface area contributed by atoms with E-state index < -0.39 is 48.7 Å². The Kier molecular flexibility index (Phi) is 6.35. The minimum atomic E-state index is -6.80. The first kappa shape index (κ1) is 23.6. The second-order valence-electron chi connectivity index (χ2n) is 4.69. The van der Waals surface area contributed by atoms with Crippen LogP contribution in [0.5, 0.6) is 0 Å². The number of ether oxygens (including phenoxy) is 1. The molecule has 2 atom stereocenters. The van der Waals surface area contributed by atoms with Crippen LogP contribution in [0.2, 0.25) is 0 Å². The van der Waals surface area contributed by atoms with Crippen LogP contribution < -0.4 is 0 Å². The van der Waals surface area contributed by atoms with Crippen LogP contribution in [-0.2, 0) is 4.74 Å². The van der Waals surface area contributed by atoms with Crippen molar-refractivity contribution in [3.05, 3.63) is 25.3 Å². The van der Waals surface area contributed by atoms with Crippen molar-refractivity contribution in [3.8, 4) is 0 Å². The van der Waals surface area contributed by atoms with Gasteiger partial charge in [0.05, 0.1) is 0 Å². The number of halogens is 12. The molecule has 148 valence electrons. The highest BCUT2D eigenvalue weighted by atomic mass is 19.4. The molecule has 0 bridgehead atoms. The van der Waals surface area contributed by atoms with E-state index in [0.717, 1.165) is 0 Å². The minimum absolute atomic E-state index is 0.0420. The van der Waals surface area contributed by atoms with Gasteiger partial charge in [0.1, 0.15) is 0 Å². The van der Waals surface area contributed by atoms with Crippen LogP contribution in [0.15, 0.2) is 25.3 Å². The van der Waals surface area contributed by atoms with Gasteiger partial charge in [-0.05, 0) is 0 Å². The van der Waals surface area contributed by atoms with Gasteiger partial charge < -0.3 is 0 Å². The van der Waals surface area contributed by atoms with Gasteiger partial charge in [-0.2, -0.15) is 43.9 Å². The molecular weight excluding hydrogens is 388 g/mol. The Balaban J connectivity index is 6.34. The Hall–Kier alpha value is -1.40. The Bertz CT molecular complexity index is 449. The van der Waals surface area contributed by atoms with Gasteiger partial charge in [0.15, 0.2) is 0 Å². The van der Waals surface area contributed by atoms with Gasteiger partial charge in [-0.15, -0.1) is 13.2 Å². The Morgan fingerprint density at radius 1 is 0.560 bits per heavy atom. The fourth-order valence-electron chi connectivity index (χ4n) is 1.52. The molecule has 0 aromatic carbocycles. The SMILES string of the molecule is C=CCC(F)(OC(F)(CC=C)C(F)(F)C(F)(F)F)C(F)(F)C(F)(F)F. The van der Waals surface area contributed by atoms with Crippen LogP contribution in [0.25, 0.3) is 0 Å². The van der Waals surface area contributed by atoms with Crippen LogP contribution >= 0.6 is 0 Å².